The molecule has 0 saturated heterocycles. The number of amides is 1. The van der Waals surface area contributed by atoms with Gasteiger partial charge in [-0.1, -0.05) is 6.92 Å². The molecule has 0 radical (unpaired) electrons. The summed E-state index contributed by atoms with van der Waals surface area (Å²) in [4.78, 5) is 36.1. The van der Waals surface area contributed by atoms with Gasteiger partial charge in [0.05, 0.1) is 16.3 Å². The molecule has 1 aromatic heterocycles. The molecule has 1 amide bonds. The molecule has 3 rings (SSSR count). The molecule has 1 heterocycles. The number of nitro groups is 1. The normalized spacial score (nSPS) is 19.3. The van der Waals surface area contributed by atoms with Gasteiger partial charge in [-0.15, -0.1) is 11.3 Å². The lowest BCUT2D eigenvalue weighted by Crippen LogP contribution is -2.54. The number of fused-ring (bicyclic) bond motifs is 1. The first-order chi connectivity index (χ1) is 12.4. The summed E-state index contributed by atoms with van der Waals surface area (Å²) >= 11 is 1.30. The Morgan fingerprint density at radius 2 is 2.12 bits per heavy atom. The number of benzene rings is 1. The summed E-state index contributed by atoms with van der Waals surface area (Å²) in [6.45, 7) is 2.59. The van der Waals surface area contributed by atoms with Crippen LogP contribution in [-0.4, -0.2) is 52.0 Å². The molecule has 138 valence electrons. The number of carboxylic acid groups (broad SMARTS) is 1. The highest BCUT2D eigenvalue weighted by Crippen LogP contribution is 2.30. The predicted octanol–water partition coefficient (Wildman–Crippen LogP) is 2.48. The van der Waals surface area contributed by atoms with Gasteiger partial charge in [0.2, 0.25) is 0 Å². The number of carboxylic acids is 1. The van der Waals surface area contributed by atoms with Crippen molar-refractivity contribution in [2.45, 2.75) is 31.8 Å². The lowest BCUT2D eigenvalue weighted by Gasteiger charge is -2.42. The van der Waals surface area contributed by atoms with Crippen molar-refractivity contribution in [1.82, 2.24) is 10.2 Å². The Hall–Kier alpha value is -2.52. The van der Waals surface area contributed by atoms with Gasteiger partial charge in [-0.3, -0.25) is 24.6 Å². The third kappa shape index (κ3) is 3.83. The minimum absolute atomic E-state index is 0.00202. The van der Waals surface area contributed by atoms with Gasteiger partial charge in [0.1, 0.15) is 0 Å². The van der Waals surface area contributed by atoms with E-state index in [-0.39, 0.29) is 30.2 Å². The van der Waals surface area contributed by atoms with E-state index in [0.717, 1.165) is 17.5 Å². The number of nitro benzene ring substituents is 1. The van der Waals surface area contributed by atoms with Crippen LogP contribution in [0.4, 0.5) is 5.69 Å². The highest BCUT2D eigenvalue weighted by Gasteiger charge is 2.35. The van der Waals surface area contributed by atoms with Gasteiger partial charge in [-0.25, -0.2) is 0 Å². The highest BCUT2D eigenvalue weighted by molar-refractivity contribution is 7.20. The van der Waals surface area contributed by atoms with E-state index in [1.807, 2.05) is 11.8 Å². The van der Waals surface area contributed by atoms with Gasteiger partial charge in [0, 0.05) is 34.3 Å². The molecule has 1 aliphatic rings. The summed E-state index contributed by atoms with van der Waals surface area (Å²) in [6.07, 6.45) is 1.45. The molecule has 1 aliphatic carbocycles. The maximum Gasteiger partial charge on any atom is 0.317 e. The van der Waals surface area contributed by atoms with Crippen molar-refractivity contribution in [1.29, 1.82) is 0 Å². The van der Waals surface area contributed by atoms with Crippen LogP contribution in [0.5, 0.6) is 0 Å². The summed E-state index contributed by atoms with van der Waals surface area (Å²) in [6, 6.07) is 6.41. The second kappa shape index (κ2) is 7.38. The summed E-state index contributed by atoms with van der Waals surface area (Å²) in [7, 11) is 0. The van der Waals surface area contributed by atoms with Gasteiger partial charge in [0.15, 0.2) is 0 Å². The van der Waals surface area contributed by atoms with Crippen molar-refractivity contribution in [3.05, 3.63) is 39.3 Å². The minimum atomic E-state index is -0.848. The standard InChI is InChI=1S/C17H19N3O5S/c1-2-19(9-16(21)22)13-7-11(8-13)18-17(23)15-6-10-5-12(20(24)25)3-4-14(10)26-15/h3-6,11,13H,2,7-9H2,1H3,(H,18,23)(H,21,22). The van der Waals surface area contributed by atoms with E-state index in [2.05, 4.69) is 5.32 Å². The maximum atomic E-state index is 12.4. The van der Waals surface area contributed by atoms with Crippen LogP contribution in [0.1, 0.15) is 29.4 Å². The molecule has 0 bridgehead atoms. The zero-order valence-electron chi connectivity index (χ0n) is 14.2. The second-order valence-electron chi connectivity index (χ2n) is 6.34. The molecular formula is C17H19N3O5S. The van der Waals surface area contributed by atoms with Crippen LogP contribution in [0, 0.1) is 10.1 Å². The van der Waals surface area contributed by atoms with Gasteiger partial charge >= 0.3 is 5.97 Å². The molecule has 0 atom stereocenters. The molecule has 0 unspecified atom stereocenters. The van der Waals surface area contributed by atoms with Gasteiger partial charge < -0.3 is 10.4 Å². The zero-order chi connectivity index (χ0) is 18.8. The Balaban J connectivity index is 1.60. The van der Waals surface area contributed by atoms with Crippen molar-refractivity contribution in [2.24, 2.45) is 0 Å². The first-order valence-electron chi connectivity index (χ1n) is 8.32. The van der Waals surface area contributed by atoms with Crippen LogP contribution in [0.25, 0.3) is 10.1 Å². The topological polar surface area (TPSA) is 113 Å². The number of aliphatic carboxylic acids is 1. The summed E-state index contributed by atoms with van der Waals surface area (Å²) < 4.78 is 0.825. The number of nitrogens with zero attached hydrogens (tertiary/aromatic N) is 2. The molecule has 26 heavy (non-hydrogen) atoms. The quantitative estimate of drug-likeness (QED) is 0.566. The number of likely N-dealkylation sites (N-methyl/N-ethyl adjacent to an activating group) is 1. The Morgan fingerprint density at radius 1 is 1.38 bits per heavy atom. The Kier molecular flexibility index (Phi) is 5.19. The number of hydrogen-bond donors (Lipinski definition) is 2. The third-order valence-electron chi connectivity index (χ3n) is 4.64. The molecule has 9 heteroatoms. The number of thiophene rings is 1. The summed E-state index contributed by atoms with van der Waals surface area (Å²) in [5, 5.41) is 23.4. The molecule has 1 saturated carbocycles. The SMILES string of the molecule is CCN(CC(=O)O)C1CC(NC(=O)c2cc3cc([N+](=O)[O-])ccc3s2)C1. The molecular weight excluding hydrogens is 358 g/mol. The molecule has 2 N–H and O–H groups in total. The van der Waals surface area contributed by atoms with E-state index in [9.17, 15) is 19.7 Å². The number of nitrogens with one attached hydrogen (secondary N) is 1. The predicted molar refractivity (Wildman–Crippen MR) is 97.6 cm³/mol. The van der Waals surface area contributed by atoms with Crippen molar-refractivity contribution in [3.8, 4) is 0 Å². The van der Waals surface area contributed by atoms with E-state index >= 15 is 0 Å². The average molecular weight is 377 g/mol. The Morgan fingerprint density at radius 3 is 2.73 bits per heavy atom. The van der Waals surface area contributed by atoms with Crippen molar-refractivity contribution in [3.63, 3.8) is 0 Å². The zero-order valence-corrected chi connectivity index (χ0v) is 15.0. The van der Waals surface area contributed by atoms with Gasteiger partial charge in [-0.05, 0) is 31.5 Å². The number of carbonyl (C=O) groups is 2. The van der Waals surface area contributed by atoms with Crippen molar-refractivity contribution < 1.29 is 19.6 Å². The van der Waals surface area contributed by atoms with Crippen LogP contribution < -0.4 is 5.32 Å². The van der Waals surface area contributed by atoms with E-state index in [0.29, 0.717) is 16.8 Å². The van der Waals surface area contributed by atoms with Crippen LogP contribution in [0.3, 0.4) is 0 Å². The van der Waals surface area contributed by atoms with Crippen LogP contribution in [0.2, 0.25) is 0 Å². The number of non-ortho nitro benzene ring substituents is 1. The fourth-order valence-corrected chi connectivity index (χ4v) is 4.14. The molecule has 1 aromatic carbocycles. The third-order valence-corrected chi connectivity index (χ3v) is 5.76. The lowest BCUT2D eigenvalue weighted by atomic mass is 9.85. The van der Waals surface area contributed by atoms with Crippen molar-refractivity contribution in [2.75, 3.05) is 13.1 Å². The molecule has 0 aliphatic heterocycles. The lowest BCUT2D eigenvalue weighted by molar-refractivity contribution is -0.384. The number of carbonyl (C=O) groups excluding carboxylic acids is 1. The molecule has 0 spiro atoms. The summed E-state index contributed by atoms with van der Waals surface area (Å²) in [5.74, 6) is -1.04. The van der Waals surface area contributed by atoms with Gasteiger partial charge in [-0.2, -0.15) is 0 Å². The van der Waals surface area contributed by atoms with Crippen molar-refractivity contribution >= 4 is 39.0 Å². The molecule has 2 aromatic rings. The first-order valence-corrected chi connectivity index (χ1v) is 9.13. The monoisotopic (exact) mass is 377 g/mol. The number of rotatable bonds is 7. The molecule has 1 fully saturated rings. The van der Waals surface area contributed by atoms with E-state index in [1.165, 1.54) is 23.5 Å². The van der Waals surface area contributed by atoms with E-state index in [1.54, 1.807) is 12.1 Å². The Bertz CT molecular complexity index is 859. The van der Waals surface area contributed by atoms with E-state index in [4.69, 9.17) is 5.11 Å². The molecule has 8 nitrogen and oxygen atoms in total. The first kappa shape index (κ1) is 18.3. The smallest absolute Gasteiger partial charge is 0.317 e. The fraction of sp³-hybridized carbons (Fsp3) is 0.412. The van der Waals surface area contributed by atoms with Crippen LogP contribution >= 0.6 is 11.3 Å². The average Bonchev–Trinajstić information content (AvgIpc) is 2.98. The summed E-state index contributed by atoms with van der Waals surface area (Å²) in [5.41, 5.74) is 0.00202. The maximum absolute atomic E-state index is 12.4. The fourth-order valence-electron chi connectivity index (χ4n) is 3.19. The second-order valence-corrected chi connectivity index (χ2v) is 7.43. The van der Waals surface area contributed by atoms with Gasteiger partial charge in [0.25, 0.3) is 11.6 Å². The van der Waals surface area contributed by atoms with Crippen LogP contribution in [0.15, 0.2) is 24.3 Å². The largest absolute Gasteiger partial charge is 0.480 e. The van der Waals surface area contributed by atoms with Crippen LogP contribution in [-0.2, 0) is 4.79 Å². The Labute approximate surface area is 153 Å². The van der Waals surface area contributed by atoms with E-state index < -0.39 is 10.9 Å². The highest BCUT2D eigenvalue weighted by atomic mass is 32.1. The number of hydrogen-bond acceptors (Lipinski definition) is 6. The minimum Gasteiger partial charge on any atom is -0.480 e.